The number of hydrogen-bond acceptors (Lipinski definition) is 4. The molecule has 7 heteroatoms. The van der Waals surface area contributed by atoms with Crippen LogP contribution < -0.4 is 16.0 Å². The second-order valence-corrected chi connectivity index (χ2v) is 6.42. The third-order valence-corrected chi connectivity index (χ3v) is 4.10. The molecule has 124 valence electrons. The second kappa shape index (κ2) is 10.2. The van der Waals surface area contributed by atoms with Gasteiger partial charge in [0.15, 0.2) is 5.96 Å². The molecule has 0 aliphatic carbocycles. The minimum atomic E-state index is 0.0489. The Bertz CT molecular complexity index is 484. The maximum absolute atomic E-state index is 11.5. The van der Waals surface area contributed by atoms with Gasteiger partial charge in [0.1, 0.15) is 0 Å². The van der Waals surface area contributed by atoms with Crippen LogP contribution in [0.25, 0.3) is 0 Å². The molecule has 0 spiro atoms. The Morgan fingerprint density at radius 3 is 2.68 bits per heavy atom. The minimum Gasteiger partial charge on any atom is -0.356 e. The van der Waals surface area contributed by atoms with E-state index in [1.807, 2.05) is 20.0 Å². The van der Waals surface area contributed by atoms with Crippen LogP contribution in [0.15, 0.2) is 11.2 Å². The van der Waals surface area contributed by atoms with E-state index in [1.54, 1.807) is 18.4 Å². The predicted octanol–water partition coefficient (Wildman–Crippen LogP) is 1.33. The van der Waals surface area contributed by atoms with Gasteiger partial charge in [0.25, 0.3) is 0 Å². The Morgan fingerprint density at radius 2 is 2.09 bits per heavy atom. The van der Waals surface area contributed by atoms with Crippen molar-refractivity contribution in [1.82, 2.24) is 20.9 Å². The van der Waals surface area contributed by atoms with Crippen LogP contribution in [0.1, 0.15) is 37.1 Å². The van der Waals surface area contributed by atoms with E-state index < -0.39 is 0 Å². The molecule has 0 saturated carbocycles. The topological polar surface area (TPSA) is 78.4 Å². The summed E-state index contributed by atoms with van der Waals surface area (Å²) in [4.78, 5) is 21.4. The van der Waals surface area contributed by atoms with Crippen LogP contribution in [-0.2, 0) is 17.6 Å². The third kappa shape index (κ3) is 7.40. The van der Waals surface area contributed by atoms with Crippen LogP contribution in [0.5, 0.6) is 0 Å². The SMILES string of the molecule is CCc1cnc(CCNC(=NC)NCCC(=O)NC(C)C)s1. The van der Waals surface area contributed by atoms with Crippen molar-refractivity contribution < 1.29 is 4.79 Å². The first kappa shape index (κ1) is 18.4. The lowest BCUT2D eigenvalue weighted by molar-refractivity contribution is -0.121. The highest BCUT2D eigenvalue weighted by Crippen LogP contribution is 2.13. The Morgan fingerprint density at radius 1 is 1.36 bits per heavy atom. The minimum absolute atomic E-state index is 0.0489. The molecule has 0 aromatic carbocycles. The summed E-state index contributed by atoms with van der Waals surface area (Å²) in [6.07, 6.45) is 4.29. The number of amides is 1. The fourth-order valence-corrected chi connectivity index (χ4v) is 2.69. The summed E-state index contributed by atoms with van der Waals surface area (Å²) in [5.74, 6) is 0.762. The molecular weight excluding hydrogens is 298 g/mol. The number of hydrogen-bond donors (Lipinski definition) is 3. The van der Waals surface area contributed by atoms with E-state index in [0.29, 0.717) is 18.9 Å². The van der Waals surface area contributed by atoms with Gasteiger partial charge >= 0.3 is 0 Å². The summed E-state index contributed by atoms with van der Waals surface area (Å²) < 4.78 is 0. The Labute approximate surface area is 136 Å². The van der Waals surface area contributed by atoms with Crippen molar-refractivity contribution >= 4 is 23.2 Å². The molecule has 3 N–H and O–H groups in total. The first-order chi connectivity index (χ1) is 10.5. The van der Waals surface area contributed by atoms with Crippen molar-refractivity contribution in [2.24, 2.45) is 4.99 Å². The van der Waals surface area contributed by atoms with Gasteiger partial charge < -0.3 is 16.0 Å². The lowest BCUT2D eigenvalue weighted by Gasteiger charge is -2.12. The zero-order chi connectivity index (χ0) is 16.4. The van der Waals surface area contributed by atoms with Crippen molar-refractivity contribution in [3.8, 4) is 0 Å². The van der Waals surface area contributed by atoms with Gasteiger partial charge in [-0.1, -0.05) is 6.92 Å². The van der Waals surface area contributed by atoms with Crippen molar-refractivity contribution in [2.75, 3.05) is 20.1 Å². The highest BCUT2D eigenvalue weighted by molar-refractivity contribution is 7.11. The number of thiazole rings is 1. The van der Waals surface area contributed by atoms with Crippen LogP contribution >= 0.6 is 11.3 Å². The normalized spacial score (nSPS) is 11.6. The number of carbonyl (C=O) groups is 1. The van der Waals surface area contributed by atoms with E-state index in [4.69, 9.17) is 0 Å². The fourth-order valence-electron chi connectivity index (χ4n) is 1.82. The molecule has 0 atom stereocenters. The van der Waals surface area contributed by atoms with E-state index >= 15 is 0 Å². The molecule has 0 fully saturated rings. The maximum Gasteiger partial charge on any atom is 0.221 e. The molecule has 0 unspecified atom stereocenters. The molecule has 1 aromatic rings. The lowest BCUT2D eigenvalue weighted by Crippen LogP contribution is -2.40. The number of rotatable bonds is 8. The lowest BCUT2D eigenvalue weighted by atomic mass is 10.3. The number of carbonyl (C=O) groups excluding carboxylic acids is 1. The van der Waals surface area contributed by atoms with Crippen LogP contribution in [0.3, 0.4) is 0 Å². The van der Waals surface area contributed by atoms with Gasteiger partial charge in [0.05, 0.1) is 5.01 Å². The Kier molecular flexibility index (Phi) is 8.50. The van der Waals surface area contributed by atoms with Crippen molar-refractivity contribution in [3.05, 3.63) is 16.1 Å². The summed E-state index contributed by atoms with van der Waals surface area (Å²) in [5, 5.41) is 10.4. The van der Waals surface area contributed by atoms with Crippen LogP contribution in [-0.4, -0.2) is 43.0 Å². The zero-order valence-corrected chi connectivity index (χ0v) is 14.7. The van der Waals surface area contributed by atoms with E-state index in [-0.39, 0.29) is 11.9 Å². The van der Waals surface area contributed by atoms with Crippen molar-refractivity contribution in [3.63, 3.8) is 0 Å². The molecule has 6 nitrogen and oxygen atoms in total. The number of guanidine groups is 1. The van der Waals surface area contributed by atoms with Gasteiger partial charge in [-0.3, -0.25) is 9.79 Å². The molecule has 0 bridgehead atoms. The largest absolute Gasteiger partial charge is 0.356 e. The maximum atomic E-state index is 11.5. The van der Waals surface area contributed by atoms with Crippen LogP contribution in [0, 0.1) is 0 Å². The molecule has 22 heavy (non-hydrogen) atoms. The van der Waals surface area contributed by atoms with E-state index in [2.05, 4.69) is 32.9 Å². The number of aromatic nitrogens is 1. The number of nitrogens with one attached hydrogen (secondary N) is 3. The molecule has 1 rings (SSSR count). The Hall–Kier alpha value is -1.63. The highest BCUT2D eigenvalue weighted by Gasteiger charge is 2.04. The van der Waals surface area contributed by atoms with Crippen molar-refractivity contribution in [1.29, 1.82) is 0 Å². The Balaban J connectivity index is 2.21. The monoisotopic (exact) mass is 325 g/mol. The van der Waals surface area contributed by atoms with E-state index in [0.717, 1.165) is 24.4 Å². The number of aliphatic imine (C=N–C) groups is 1. The average molecular weight is 325 g/mol. The molecule has 1 heterocycles. The van der Waals surface area contributed by atoms with E-state index in [1.165, 1.54) is 4.88 Å². The van der Waals surface area contributed by atoms with Gasteiger partial charge in [-0.05, 0) is 20.3 Å². The molecular formula is C15H27N5OS. The molecule has 0 radical (unpaired) electrons. The summed E-state index contributed by atoms with van der Waals surface area (Å²) in [5.41, 5.74) is 0. The second-order valence-electron chi connectivity index (χ2n) is 5.22. The van der Waals surface area contributed by atoms with Crippen LogP contribution in [0.2, 0.25) is 0 Å². The quantitative estimate of drug-likeness (QED) is 0.498. The molecule has 0 saturated heterocycles. The zero-order valence-electron chi connectivity index (χ0n) is 13.9. The number of aryl methyl sites for hydroxylation is 1. The summed E-state index contributed by atoms with van der Waals surface area (Å²) in [6.45, 7) is 7.38. The molecule has 0 aliphatic heterocycles. The highest BCUT2D eigenvalue weighted by atomic mass is 32.1. The average Bonchev–Trinajstić information content (AvgIpc) is 2.92. The molecule has 1 amide bonds. The smallest absolute Gasteiger partial charge is 0.221 e. The molecule has 1 aromatic heterocycles. The first-order valence-corrected chi connectivity index (χ1v) is 8.54. The fraction of sp³-hybridized carbons (Fsp3) is 0.667. The standard InChI is InChI=1S/C15H27N5OS/c1-5-12-10-19-14(22-12)7-9-18-15(16-4)17-8-6-13(21)20-11(2)3/h10-11H,5-9H2,1-4H3,(H,20,21)(H2,16,17,18). The third-order valence-electron chi connectivity index (χ3n) is 2.90. The van der Waals surface area contributed by atoms with Gasteiger partial charge in [0.2, 0.25) is 5.91 Å². The van der Waals surface area contributed by atoms with Crippen LogP contribution in [0.4, 0.5) is 0 Å². The predicted molar refractivity (Wildman–Crippen MR) is 92.5 cm³/mol. The van der Waals surface area contributed by atoms with Gasteiger partial charge in [-0.25, -0.2) is 4.98 Å². The summed E-state index contributed by atoms with van der Waals surface area (Å²) in [6, 6.07) is 0.177. The molecule has 0 aliphatic rings. The first-order valence-electron chi connectivity index (χ1n) is 7.72. The van der Waals surface area contributed by atoms with E-state index in [9.17, 15) is 4.79 Å². The van der Waals surface area contributed by atoms with Gasteiger partial charge in [0, 0.05) is 50.1 Å². The van der Waals surface area contributed by atoms with Gasteiger partial charge in [-0.15, -0.1) is 11.3 Å². The number of nitrogens with zero attached hydrogens (tertiary/aromatic N) is 2. The van der Waals surface area contributed by atoms with Crippen molar-refractivity contribution in [2.45, 2.75) is 46.1 Å². The van der Waals surface area contributed by atoms with Gasteiger partial charge in [-0.2, -0.15) is 0 Å². The summed E-state index contributed by atoms with van der Waals surface area (Å²) >= 11 is 1.76. The summed E-state index contributed by atoms with van der Waals surface area (Å²) in [7, 11) is 1.72.